The van der Waals surface area contributed by atoms with E-state index in [1.807, 2.05) is 13.0 Å². The number of nitrogens with zero attached hydrogens (tertiary/aromatic N) is 1. The minimum Gasteiger partial charge on any atom is -0.445 e. The number of oxazole rings is 1. The van der Waals surface area contributed by atoms with Crippen molar-refractivity contribution in [1.29, 1.82) is 0 Å². The van der Waals surface area contributed by atoms with Gasteiger partial charge in [0.2, 0.25) is 5.89 Å². The van der Waals surface area contributed by atoms with Crippen LogP contribution in [0, 0.1) is 6.92 Å². The molecule has 0 aliphatic rings. The Morgan fingerprint density at radius 1 is 1.44 bits per heavy atom. The van der Waals surface area contributed by atoms with Crippen molar-refractivity contribution in [2.75, 3.05) is 0 Å². The number of hydrogen-bond acceptors (Lipinski definition) is 3. The molecular formula is C14H17BrN2O. The summed E-state index contributed by atoms with van der Waals surface area (Å²) >= 11 is 3.50. The normalized spacial score (nSPS) is 12.6. The summed E-state index contributed by atoms with van der Waals surface area (Å²) in [7, 11) is 0. The number of nitrogens with one attached hydrogen (secondary N) is 1. The highest BCUT2D eigenvalue weighted by atomic mass is 79.9. The van der Waals surface area contributed by atoms with Crippen molar-refractivity contribution in [2.24, 2.45) is 0 Å². The molecule has 0 saturated heterocycles. The van der Waals surface area contributed by atoms with Gasteiger partial charge >= 0.3 is 0 Å². The molecule has 0 amide bonds. The van der Waals surface area contributed by atoms with Crippen LogP contribution in [-0.4, -0.2) is 4.98 Å². The predicted octanol–water partition coefficient (Wildman–Crippen LogP) is 3.99. The predicted molar refractivity (Wildman–Crippen MR) is 75.3 cm³/mol. The molecule has 1 heterocycles. The average Bonchev–Trinajstić information content (AvgIpc) is 2.76. The topological polar surface area (TPSA) is 38.1 Å². The Bertz CT molecular complexity index is 510. The first-order valence-corrected chi connectivity index (χ1v) is 6.88. The first-order valence-electron chi connectivity index (χ1n) is 6.09. The lowest BCUT2D eigenvalue weighted by atomic mass is 10.0. The van der Waals surface area contributed by atoms with Gasteiger partial charge in [0.1, 0.15) is 5.76 Å². The highest BCUT2D eigenvalue weighted by molar-refractivity contribution is 9.10. The van der Waals surface area contributed by atoms with Gasteiger partial charge in [-0.05, 0) is 31.0 Å². The maximum atomic E-state index is 5.46. The van der Waals surface area contributed by atoms with Crippen molar-refractivity contribution in [3.8, 4) is 0 Å². The zero-order valence-corrected chi connectivity index (χ0v) is 12.2. The first kappa shape index (κ1) is 13.3. The fraction of sp³-hybridized carbons (Fsp3) is 0.357. The largest absolute Gasteiger partial charge is 0.445 e. The van der Waals surface area contributed by atoms with Crippen molar-refractivity contribution in [1.82, 2.24) is 10.3 Å². The first-order chi connectivity index (χ1) is 8.69. The van der Waals surface area contributed by atoms with E-state index in [-0.39, 0.29) is 0 Å². The zero-order chi connectivity index (χ0) is 13.0. The molecule has 18 heavy (non-hydrogen) atoms. The number of halogens is 1. The van der Waals surface area contributed by atoms with Crippen LogP contribution in [0.3, 0.4) is 0 Å². The molecule has 1 aromatic carbocycles. The summed E-state index contributed by atoms with van der Waals surface area (Å²) in [5, 5.41) is 3.47. The second kappa shape index (κ2) is 6.16. The molecule has 96 valence electrons. The number of hydrogen-bond donors (Lipinski definition) is 1. The quantitative estimate of drug-likeness (QED) is 0.907. The molecule has 4 heteroatoms. The Hall–Kier alpha value is -1.13. The number of aromatic nitrogens is 1. The van der Waals surface area contributed by atoms with E-state index in [0.29, 0.717) is 12.6 Å². The molecule has 3 nitrogen and oxygen atoms in total. The Morgan fingerprint density at radius 2 is 2.28 bits per heavy atom. The van der Waals surface area contributed by atoms with Gasteiger partial charge in [0.05, 0.1) is 12.7 Å². The summed E-state index contributed by atoms with van der Waals surface area (Å²) in [6.07, 6.45) is 2.77. The summed E-state index contributed by atoms with van der Waals surface area (Å²) in [6, 6.07) is 8.68. The van der Waals surface area contributed by atoms with Crippen LogP contribution < -0.4 is 5.32 Å². The SMILES string of the molecule is CCC(NCc1ncc(C)o1)c1cccc(Br)c1. The van der Waals surface area contributed by atoms with Crippen LogP contribution in [0.15, 0.2) is 39.4 Å². The van der Waals surface area contributed by atoms with Crippen LogP contribution in [0.1, 0.15) is 36.6 Å². The summed E-state index contributed by atoms with van der Waals surface area (Å²) in [6.45, 7) is 4.72. The molecule has 1 N–H and O–H groups in total. The van der Waals surface area contributed by atoms with E-state index in [9.17, 15) is 0 Å². The standard InChI is InChI=1S/C14H17BrN2O/c1-3-13(11-5-4-6-12(15)7-11)16-9-14-17-8-10(2)18-14/h4-8,13,16H,3,9H2,1-2H3. The number of rotatable bonds is 5. The van der Waals surface area contributed by atoms with Crippen LogP contribution in [0.2, 0.25) is 0 Å². The fourth-order valence-electron chi connectivity index (χ4n) is 1.91. The van der Waals surface area contributed by atoms with Crippen molar-refractivity contribution in [3.05, 3.63) is 52.1 Å². The van der Waals surface area contributed by atoms with Crippen LogP contribution in [0.25, 0.3) is 0 Å². The Labute approximate surface area is 116 Å². The van der Waals surface area contributed by atoms with Gasteiger partial charge in [0.15, 0.2) is 0 Å². The molecule has 0 saturated carbocycles. The molecule has 0 radical (unpaired) electrons. The lowest BCUT2D eigenvalue weighted by Crippen LogP contribution is -2.20. The van der Waals surface area contributed by atoms with Crippen molar-refractivity contribution in [3.63, 3.8) is 0 Å². The van der Waals surface area contributed by atoms with E-state index >= 15 is 0 Å². The molecule has 0 aliphatic heterocycles. The molecule has 0 spiro atoms. The van der Waals surface area contributed by atoms with E-state index in [1.165, 1.54) is 5.56 Å². The monoisotopic (exact) mass is 308 g/mol. The van der Waals surface area contributed by atoms with Crippen molar-refractivity contribution < 1.29 is 4.42 Å². The van der Waals surface area contributed by atoms with Crippen LogP contribution in [0.4, 0.5) is 0 Å². The van der Waals surface area contributed by atoms with Crippen LogP contribution >= 0.6 is 15.9 Å². The molecule has 0 aliphatic carbocycles. The van der Waals surface area contributed by atoms with E-state index in [1.54, 1.807) is 6.20 Å². The Morgan fingerprint density at radius 3 is 2.89 bits per heavy atom. The highest BCUT2D eigenvalue weighted by Crippen LogP contribution is 2.21. The number of benzene rings is 1. The fourth-order valence-corrected chi connectivity index (χ4v) is 2.33. The summed E-state index contributed by atoms with van der Waals surface area (Å²) in [5.74, 6) is 1.59. The van der Waals surface area contributed by atoms with Gasteiger partial charge < -0.3 is 9.73 Å². The van der Waals surface area contributed by atoms with Gasteiger partial charge in [-0.25, -0.2) is 4.98 Å². The molecule has 1 aromatic heterocycles. The van der Waals surface area contributed by atoms with Gasteiger partial charge in [-0.15, -0.1) is 0 Å². The summed E-state index contributed by atoms with van der Waals surface area (Å²) < 4.78 is 6.56. The smallest absolute Gasteiger partial charge is 0.208 e. The molecule has 1 atom stereocenters. The average molecular weight is 309 g/mol. The minimum atomic E-state index is 0.315. The summed E-state index contributed by atoms with van der Waals surface area (Å²) in [5.41, 5.74) is 1.27. The van der Waals surface area contributed by atoms with Crippen molar-refractivity contribution in [2.45, 2.75) is 32.9 Å². The highest BCUT2D eigenvalue weighted by Gasteiger charge is 2.10. The van der Waals surface area contributed by atoms with Crippen LogP contribution in [-0.2, 0) is 6.54 Å². The molecule has 2 rings (SSSR count). The van der Waals surface area contributed by atoms with Gasteiger partial charge in [0.25, 0.3) is 0 Å². The van der Waals surface area contributed by atoms with Gasteiger partial charge in [-0.2, -0.15) is 0 Å². The molecule has 0 bridgehead atoms. The second-order valence-corrected chi connectivity index (χ2v) is 5.18. The molecule has 1 unspecified atom stereocenters. The van der Waals surface area contributed by atoms with E-state index < -0.39 is 0 Å². The maximum Gasteiger partial charge on any atom is 0.208 e. The molecular weight excluding hydrogens is 292 g/mol. The second-order valence-electron chi connectivity index (χ2n) is 4.26. The number of aryl methyl sites for hydroxylation is 1. The Balaban J connectivity index is 2.01. The lowest BCUT2D eigenvalue weighted by Gasteiger charge is -2.16. The Kier molecular flexibility index (Phi) is 4.55. The minimum absolute atomic E-state index is 0.315. The maximum absolute atomic E-state index is 5.46. The van der Waals surface area contributed by atoms with Crippen LogP contribution in [0.5, 0.6) is 0 Å². The van der Waals surface area contributed by atoms with E-state index in [0.717, 1.165) is 22.5 Å². The third-order valence-electron chi connectivity index (χ3n) is 2.83. The van der Waals surface area contributed by atoms with Gasteiger partial charge in [-0.1, -0.05) is 35.0 Å². The third kappa shape index (κ3) is 3.43. The lowest BCUT2D eigenvalue weighted by molar-refractivity contribution is 0.420. The van der Waals surface area contributed by atoms with Crippen molar-refractivity contribution >= 4 is 15.9 Å². The van der Waals surface area contributed by atoms with E-state index in [4.69, 9.17) is 4.42 Å². The third-order valence-corrected chi connectivity index (χ3v) is 3.32. The van der Waals surface area contributed by atoms with E-state index in [2.05, 4.69) is 51.4 Å². The summed E-state index contributed by atoms with van der Waals surface area (Å²) in [4.78, 5) is 4.19. The molecule has 2 aromatic rings. The zero-order valence-electron chi connectivity index (χ0n) is 10.6. The van der Waals surface area contributed by atoms with Gasteiger partial charge in [0, 0.05) is 10.5 Å². The molecule has 0 fully saturated rings. The van der Waals surface area contributed by atoms with Gasteiger partial charge in [-0.3, -0.25) is 0 Å².